The van der Waals surface area contributed by atoms with Crippen LogP contribution in [0, 0.1) is 0 Å². The molecule has 120 valence electrons. The molecule has 0 atom stereocenters. The molecule has 2 aromatic rings. The standard InChI is InChI=1S/C16H23N3O2S/c1-4-5-11-22(20,21)18-15-8-6-7-13-9-10-14(12-19(2)3)17-16(13)15/h6-10,18H,4-5,11-12H2,1-3H3. The van der Waals surface area contributed by atoms with Gasteiger partial charge in [0.15, 0.2) is 0 Å². The number of unbranched alkanes of at least 4 members (excludes halogenated alkanes) is 1. The minimum absolute atomic E-state index is 0.136. The van der Waals surface area contributed by atoms with E-state index in [2.05, 4.69) is 9.71 Å². The van der Waals surface area contributed by atoms with E-state index in [4.69, 9.17) is 0 Å². The highest BCUT2D eigenvalue weighted by molar-refractivity contribution is 7.92. The zero-order valence-electron chi connectivity index (χ0n) is 13.3. The van der Waals surface area contributed by atoms with Gasteiger partial charge in [-0.2, -0.15) is 0 Å². The van der Waals surface area contributed by atoms with Crippen LogP contribution in [0.2, 0.25) is 0 Å². The van der Waals surface area contributed by atoms with Gasteiger partial charge in [0.2, 0.25) is 10.0 Å². The van der Waals surface area contributed by atoms with Crippen molar-refractivity contribution in [2.24, 2.45) is 0 Å². The van der Waals surface area contributed by atoms with Crippen LogP contribution in [0.25, 0.3) is 10.9 Å². The highest BCUT2D eigenvalue weighted by atomic mass is 32.2. The minimum atomic E-state index is -3.32. The first-order chi connectivity index (χ1) is 10.4. The second-order valence-electron chi connectivity index (χ2n) is 5.69. The first-order valence-corrected chi connectivity index (χ1v) is 9.10. The molecule has 0 aliphatic carbocycles. The molecule has 22 heavy (non-hydrogen) atoms. The Balaban J connectivity index is 2.36. The third-order valence-corrected chi connectivity index (χ3v) is 4.65. The van der Waals surface area contributed by atoms with Gasteiger partial charge in [0.05, 0.1) is 22.7 Å². The molecule has 0 saturated heterocycles. The molecule has 0 spiro atoms. The van der Waals surface area contributed by atoms with Crippen LogP contribution in [0.3, 0.4) is 0 Å². The summed E-state index contributed by atoms with van der Waals surface area (Å²) in [4.78, 5) is 6.64. The Labute approximate surface area is 132 Å². The number of sulfonamides is 1. The fourth-order valence-electron chi connectivity index (χ4n) is 2.23. The SMILES string of the molecule is CCCCS(=O)(=O)Nc1cccc2ccc(CN(C)C)nc12. The van der Waals surface area contributed by atoms with Crippen molar-refractivity contribution in [3.63, 3.8) is 0 Å². The Morgan fingerprint density at radius 1 is 1.18 bits per heavy atom. The number of benzene rings is 1. The average molecular weight is 321 g/mol. The molecule has 1 aromatic heterocycles. The van der Waals surface area contributed by atoms with Gasteiger partial charge >= 0.3 is 0 Å². The summed E-state index contributed by atoms with van der Waals surface area (Å²) in [6.45, 7) is 2.69. The number of hydrogen-bond acceptors (Lipinski definition) is 4. The van der Waals surface area contributed by atoms with Crippen LogP contribution in [0.5, 0.6) is 0 Å². The molecule has 6 heteroatoms. The summed E-state index contributed by atoms with van der Waals surface area (Å²) in [5.41, 5.74) is 2.16. The fourth-order valence-corrected chi connectivity index (χ4v) is 3.51. The Bertz CT molecular complexity index is 742. The Kier molecular flexibility index (Phi) is 5.37. The van der Waals surface area contributed by atoms with E-state index >= 15 is 0 Å². The molecule has 0 saturated carbocycles. The number of rotatable bonds is 7. The summed E-state index contributed by atoms with van der Waals surface area (Å²) in [5, 5.41) is 0.929. The lowest BCUT2D eigenvalue weighted by atomic mass is 10.2. The summed E-state index contributed by atoms with van der Waals surface area (Å²) in [6.07, 6.45) is 1.50. The normalized spacial score (nSPS) is 12.0. The molecule has 0 radical (unpaired) electrons. The molecular weight excluding hydrogens is 298 g/mol. The molecule has 0 fully saturated rings. The van der Waals surface area contributed by atoms with Crippen molar-refractivity contribution >= 4 is 26.6 Å². The van der Waals surface area contributed by atoms with Gasteiger partial charge in [0, 0.05) is 11.9 Å². The number of nitrogens with zero attached hydrogens (tertiary/aromatic N) is 2. The average Bonchev–Trinajstić information content (AvgIpc) is 2.45. The van der Waals surface area contributed by atoms with Crippen molar-refractivity contribution in [2.75, 3.05) is 24.6 Å². The molecule has 1 aromatic carbocycles. The second-order valence-corrected chi connectivity index (χ2v) is 7.53. The van der Waals surface area contributed by atoms with Crippen LogP contribution in [0.15, 0.2) is 30.3 Å². The summed E-state index contributed by atoms with van der Waals surface area (Å²) in [7, 11) is 0.630. The van der Waals surface area contributed by atoms with Gasteiger partial charge in [-0.1, -0.05) is 31.5 Å². The summed E-state index contributed by atoms with van der Waals surface area (Å²) in [6, 6.07) is 9.49. The van der Waals surface area contributed by atoms with Crippen LogP contribution < -0.4 is 4.72 Å². The van der Waals surface area contributed by atoms with Crippen molar-refractivity contribution in [1.29, 1.82) is 0 Å². The number of aromatic nitrogens is 1. The van der Waals surface area contributed by atoms with E-state index in [1.807, 2.05) is 50.2 Å². The zero-order chi connectivity index (χ0) is 16.2. The van der Waals surface area contributed by atoms with E-state index in [-0.39, 0.29) is 5.75 Å². The minimum Gasteiger partial charge on any atom is -0.304 e. The van der Waals surface area contributed by atoms with Gasteiger partial charge in [0.25, 0.3) is 0 Å². The van der Waals surface area contributed by atoms with Gasteiger partial charge in [-0.25, -0.2) is 13.4 Å². The van der Waals surface area contributed by atoms with Crippen LogP contribution >= 0.6 is 0 Å². The van der Waals surface area contributed by atoms with Gasteiger partial charge in [-0.05, 0) is 32.6 Å². The molecule has 5 nitrogen and oxygen atoms in total. The monoisotopic (exact) mass is 321 g/mol. The molecule has 2 rings (SSSR count). The Morgan fingerprint density at radius 3 is 2.64 bits per heavy atom. The van der Waals surface area contributed by atoms with E-state index in [1.165, 1.54) is 0 Å². The number of pyridine rings is 1. The van der Waals surface area contributed by atoms with Crippen molar-refractivity contribution in [3.05, 3.63) is 36.0 Å². The maximum atomic E-state index is 12.1. The van der Waals surface area contributed by atoms with Crippen molar-refractivity contribution < 1.29 is 8.42 Å². The summed E-state index contributed by atoms with van der Waals surface area (Å²) >= 11 is 0. The van der Waals surface area contributed by atoms with Gasteiger partial charge in [-0.3, -0.25) is 4.72 Å². The van der Waals surface area contributed by atoms with Gasteiger partial charge in [-0.15, -0.1) is 0 Å². The number of para-hydroxylation sites is 1. The van der Waals surface area contributed by atoms with Crippen molar-refractivity contribution in [1.82, 2.24) is 9.88 Å². The van der Waals surface area contributed by atoms with E-state index in [9.17, 15) is 8.42 Å². The maximum Gasteiger partial charge on any atom is 0.232 e. The fraction of sp³-hybridized carbons (Fsp3) is 0.438. The predicted molar refractivity (Wildman–Crippen MR) is 91.5 cm³/mol. The number of anilines is 1. The lowest BCUT2D eigenvalue weighted by Gasteiger charge is -2.12. The van der Waals surface area contributed by atoms with Gasteiger partial charge in [0.1, 0.15) is 0 Å². The largest absolute Gasteiger partial charge is 0.304 e. The Hall–Kier alpha value is -1.66. The van der Waals surface area contributed by atoms with Gasteiger partial charge < -0.3 is 4.90 Å². The molecule has 0 aliphatic rings. The lowest BCUT2D eigenvalue weighted by molar-refractivity contribution is 0.397. The first kappa shape index (κ1) is 16.7. The number of fused-ring (bicyclic) bond motifs is 1. The zero-order valence-corrected chi connectivity index (χ0v) is 14.2. The second kappa shape index (κ2) is 7.07. The lowest BCUT2D eigenvalue weighted by Crippen LogP contribution is -2.17. The Morgan fingerprint density at radius 2 is 1.95 bits per heavy atom. The quantitative estimate of drug-likeness (QED) is 0.852. The first-order valence-electron chi connectivity index (χ1n) is 7.45. The molecular formula is C16H23N3O2S. The van der Waals surface area contributed by atoms with E-state index < -0.39 is 10.0 Å². The molecule has 1 heterocycles. The van der Waals surface area contributed by atoms with Crippen molar-refractivity contribution in [2.45, 2.75) is 26.3 Å². The van der Waals surface area contributed by atoms with Crippen LogP contribution in [-0.2, 0) is 16.6 Å². The number of nitrogens with one attached hydrogen (secondary N) is 1. The molecule has 0 unspecified atom stereocenters. The topological polar surface area (TPSA) is 62.3 Å². The predicted octanol–water partition coefficient (Wildman–Crippen LogP) is 2.84. The van der Waals surface area contributed by atoms with E-state index in [1.54, 1.807) is 6.07 Å². The summed E-state index contributed by atoms with van der Waals surface area (Å²) in [5.74, 6) is 0.136. The van der Waals surface area contributed by atoms with Crippen molar-refractivity contribution in [3.8, 4) is 0 Å². The van der Waals surface area contributed by atoms with E-state index in [0.29, 0.717) is 24.2 Å². The van der Waals surface area contributed by atoms with E-state index in [0.717, 1.165) is 17.5 Å². The molecule has 0 aliphatic heterocycles. The van der Waals surface area contributed by atoms with Crippen LogP contribution in [0.1, 0.15) is 25.5 Å². The highest BCUT2D eigenvalue weighted by Crippen LogP contribution is 2.23. The highest BCUT2D eigenvalue weighted by Gasteiger charge is 2.12. The molecule has 0 amide bonds. The summed E-state index contributed by atoms with van der Waals surface area (Å²) < 4.78 is 26.9. The maximum absolute atomic E-state index is 12.1. The van der Waals surface area contributed by atoms with Crippen LogP contribution in [-0.4, -0.2) is 38.1 Å². The molecule has 1 N–H and O–H groups in total. The smallest absolute Gasteiger partial charge is 0.232 e. The molecule has 0 bridgehead atoms. The number of hydrogen-bond donors (Lipinski definition) is 1. The third kappa shape index (κ3) is 4.42. The van der Waals surface area contributed by atoms with Crippen LogP contribution in [0.4, 0.5) is 5.69 Å². The third-order valence-electron chi connectivity index (χ3n) is 3.29.